The second kappa shape index (κ2) is 5.05. The van der Waals surface area contributed by atoms with Gasteiger partial charge in [0.1, 0.15) is 10.7 Å². The summed E-state index contributed by atoms with van der Waals surface area (Å²) >= 11 is 1.79. The maximum atomic E-state index is 4.87. The Balaban J connectivity index is 1.60. The van der Waals surface area contributed by atoms with Crippen LogP contribution in [0.5, 0.6) is 0 Å². The highest BCUT2D eigenvalue weighted by Crippen LogP contribution is 2.38. The lowest BCUT2D eigenvalue weighted by molar-refractivity contribution is 0.355. The molecule has 6 heteroatoms. The van der Waals surface area contributed by atoms with Crippen LogP contribution < -0.4 is 4.90 Å². The van der Waals surface area contributed by atoms with Gasteiger partial charge in [-0.3, -0.25) is 4.40 Å². The fourth-order valence-electron chi connectivity index (χ4n) is 3.25. The van der Waals surface area contributed by atoms with Crippen LogP contribution in [0.1, 0.15) is 31.3 Å². The van der Waals surface area contributed by atoms with E-state index in [2.05, 4.69) is 44.7 Å². The number of aryl methyl sites for hydroxylation is 1. The third-order valence-corrected chi connectivity index (χ3v) is 5.58. The van der Waals surface area contributed by atoms with E-state index in [0.717, 1.165) is 37.7 Å². The average Bonchev–Trinajstić information content (AvgIpc) is 3.13. The number of piperidine rings is 1. The zero-order chi connectivity index (χ0) is 15.2. The Kier molecular flexibility index (Phi) is 3.14. The number of hydrogen-bond acceptors (Lipinski definition) is 5. The molecule has 5 nitrogen and oxygen atoms in total. The number of thiazole rings is 1. The van der Waals surface area contributed by atoms with E-state index < -0.39 is 0 Å². The molecule has 114 valence electrons. The van der Waals surface area contributed by atoms with E-state index in [-0.39, 0.29) is 5.41 Å². The van der Waals surface area contributed by atoms with E-state index in [1.807, 2.05) is 18.5 Å². The summed E-state index contributed by atoms with van der Waals surface area (Å²) in [6.45, 7) is 6.38. The van der Waals surface area contributed by atoms with Crippen LogP contribution in [0.4, 0.5) is 5.95 Å². The van der Waals surface area contributed by atoms with Gasteiger partial charge in [0, 0.05) is 42.5 Å². The number of rotatable bonds is 2. The molecule has 3 aromatic rings. The van der Waals surface area contributed by atoms with Gasteiger partial charge in [0.15, 0.2) is 0 Å². The van der Waals surface area contributed by atoms with Crippen molar-refractivity contribution in [3.8, 4) is 0 Å². The number of aromatic nitrogens is 4. The molecule has 3 aromatic heterocycles. The summed E-state index contributed by atoms with van der Waals surface area (Å²) in [6, 6.07) is 1.86. The van der Waals surface area contributed by atoms with Crippen LogP contribution in [-0.4, -0.2) is 32.4 Å². The van der Waals surface area contributed by atoms with Gasteiger partial charge in [0.25, 0.3) is 0 Å². The predicted molar refractivity (Wildman–Crippen MR) is 88.6 cm³/mol. The molecule has 0 aromatic carbocycles. The van der Waals surface area contributed by atoms with Crippen molar-refractivity contribution >= 4 is 22.1 Å². The lowest BCUT2D eigenvalue weighted by atomic mass is 9.78. The number of fused-ring (bicyclic) bond motifs is 1. The molecule has 22 heavy (non-hydrogen) atoms. The van der Waals surface area contributed by atoms with Gasteiger partial charge in [-0.25, -0.2) is 15.0 Å². The Morgan fingerprint density at radius 2 is 1.91 bits per heavy atom. The number of imidazole rings is 1. The smallest absolute Gasteiger partial charge is 0.225 e. The quantitative estimate of drug-likeness (QED) is 0.729. The highest BCUT2D eigenvalue weighted by Gasteiger charge is 2.36. The maximum absolute atomic E-state index is 4.87. The first-order valence-corrected chi connectivity index (χ1v) is 8.50. The summed E-state index contributed by atoms with van der Waals surface area (Å²) in [5, 5.41) is 2.14. The molecule has 4 rings (SSSR count). The van der Waals surface area contributed by atoms with E-state index in [4.69, 9.17) is 4.98 Å². The molecular weight excluding hydrogens is 294 g/mol. The van der Waals surface area contributed by atoms with Crippen molar-refractivity contribution < 1.29 is 0 Å². The van der Waals surface area contributed by atoms with Gasteiger partial charge >= 0.3 is 0 Å². The first-order valence-electron chi connectivity index (χ1n) is 7.62. The highest BCUT2D eigenvalue weighted by molar-refractivity contribution is 7.15. The molecule has 0 amide bonds. The summed E-state index contributed by atoms with van der Waals surface area (Å²) in [7, 11) is 0. The molecule has 1 fully saturated rings. The van der Waals surface area contributed by atoms with Gasteiger partial charge in [-0.05, 0) is 25.8 Å². The largest absolute Gasteiger partial charge is 0.341 e. The molecule has 0 bridgehead atoms. The van der Waals surface area contributed by atoms with Crippen LogP contribution in [0.15, 0.2) is 30.0 Å². The number of anilines is 1. The summed E-state index contributed by atoms with van der Waals surface area (Å²) in [5.74, 6) is 1.92. The SMILES string of the molecule is Cc1nc(C2(C)CCN(c3ncccn3)CC2)c2sccn12. The molecule has 1 aliphatic rings. The molecule has 0 N–H and O–H groups in total. The van der Waals surface area contributed by atoms with Crippen LogP contribution in [0.2, 0.25) is 0 Å². The molecule has 0 radical (unpaired) electrons. The lowest BCUT2D eigenvalue weighted by Crippen LogP contribution is -2.42. The molecule has 1 saturated heterocycles. The van der Waals surface area contributed by atoms with Crippen LogP contribution in [0.25, 0.3) is 4.83 Å². The molecule has 0 unspecified atom stereocenters. The number of nitrogens with zero attached hydrogens (tertiary/aromatic N) is 5. The topological polar surface area (TPSA) is 46.3 Å². The first-order chi connectivity index (χ1) is 10.7. The van der Waals surface area contributed by atoms with Crippen molar-refractivity contribution in [1.82, 2.24) is 19.4 Å². The molecule has 0 aliphatic carbocycles. The summed E-state index contributed by atoms with van der Waals surface area (Å²) in [6.07, 6.45) is 7.89. The highest BCUT2D eigenvalue weighted by atomic mass is 32.1. The third-order valence-electron chi connectivity index (χ3n) is 4.71. The third kappa shape index (κ3) is 2.09. The average molecular weight is 313 g/mol. The second-order valence-electron chi connectivity index (χ2n) is 6.18. The second-order valence-corrected chi connectivity index (χ2v) is 7.08. The Labute approximate surface area is 133 Å². The Bertz CT molecular complexity index is 783. The zero-order valence-corrected chi connectivity index (χ0v) is 13.7. The van der Waals surface area contributed by atoms with Crippen LogP contribution in [-0.2, 0) is 5.41 Å². The van der Waals surface area contributed by atoms with Gasteiger partial charge in [-0.1, -0.05) is 6.92 Å². The fraction of sp³-hybridized carbons (Fsp3) is 0.438. The molecule has 4 heterocycles. The van der Waals surface area contributed by atoms with Gasteiger partial charge in [-0.2, -0.15) is 0 Å². The van der Waals surface area contributed by atoms with Crippen LogP contribution >= 0.6 is 11.3 Å². The van der Waals surface area contributed by atoms with Crippen LogP contribution in [0.3, 0.4) is 0 Å². The lowest BCUT2D eigenvalue weighted by Gasteiger charge is -2.38. The van der Waals surface area contributed by atoms with Crippen molar-refractivity contribution in [2.75, 3.05) is 18.0 Å². The van der Waals surface area contributed by atoms with E-state index in [0.29, 0.717) is 0 Å². The van der Waals surface area contributed by atoms with Crippen molar-refractivity contribution in [2.24, 2.45) is 0 Å². The van der Waals surface area contributed by atoms with Crippen LogP contribution in [0, 0.1) is 6.92 Å². The summed E-state index contributed by atoms with van der Waals surface area (Å²) in [4.78, 5) is 17.2. The zero-order valence-electron chi connectivity index (χ0n) is 12.9. The standard InChI is InChI=1S/C16H19N5S/c1-12-19-13(14-21(12)10-11-22-14)16(2)4-8-20(9-5-16)15-17-6-3-7-18-15/h3,6-7,10-11H,4-5,8-9H2,1-2H3. The monoisotopic (exact) mass is 313 g/mol. The van der Waals surface area contributed by atoms with Crippen molar-refractivity contribution in [1.29, 1.82) is 0 Å². The maximum Gasteiger partial charge on any atom is 0.225 e. The first kappa shape index (κ1) is 13.7. The van der Waals surface area contributed by atoms with E-state index in [1.54, 1.807) is 11.3 Å². The minimum atomic E-state index is 0.135. The summed E-state index contributed by atoms with van der Waals surface area (Å²) < 4.78 is 2.21. The molecule has 0 saturated carbocycles. The van der Waals surface area contributed by atoms with E-state index >= 15 is 0 Å². The number of hydrogen-bond donors (Lipinski definition) is 0. The molecule has 0 atom stereocenters. The summed E-state index contributed by atoms with van der Waals surface area (Å²) in [5.41, 5.74) is 1.39. The van der Waals surface area contributed by atoms with Gasteiger partial charge in [0.2, 0.25) is 5.95 Å². The Morgan fingerprint density at radius 1 is 1.18 bits per heavy atom. The molecular formula is C16H19N5S. The minimum absolute atomic E-state index is 0.135. The normalized spacial score (nSPS) is 18.0. The predicted octanol–water partition coefficient (Wildman–Crippen LogP) is 3.05. The minimum Gasteiger partial charge on any atom is -0.341 e. The van der Waals surface area contributed by atoms with Crippen molar-refractivity contribution in [3.05, 3.63) is 41.6 Å². The van der Waals surface area contributed by atoms with Crippen molar-refractivity contribution in [3.63, 3.8) is 0 Å². The van der Waals surface area contributed by atoms with Crippen molar-refractivity contribution in [2.45, 2.75) is 32.1 Å². The molecule has 0 spiro atoms. The van der Waals surface area contributed by atoms with Gasteiger partial charge in [0.05, 0.1) is 5.69 Å². The van der Waals surface area contributed by atoms with E-state index in [9.17, 15) is 0 Å². The Morgan fingerprint density at radius 3 is 2.64 bits per heavy atom. The van der Waals surface area contributed by atoms with E-state index in [1.165, 1.54) is 10.5 Å². The van der Waals surface area contributed by atoms with Gasteiger partial charge in [-0.15, -0.1) is 11.3 Å². The van der Waals surface area contributed by atoms with Gasteiger partial charge < -0.3 is 4.90 Å². The Hall–Kier alpha value is -1.95. The molecule has 1 aliphatic heterocycles. The fourth-order valence-corrected chi connectivity index (χ4v) is 4.27.